The van der Waals surface area contributed by atoms with Gasteiger partial charge in [-0.15, -0.1) is 0 Å². The van der Waals surface area contributed by atoms with Gasteiger partial charge in [-0.2, -0.15) is 0 Å². The lowest BCUT2D eigenvalue weighted by molar-refractivity contribution is -0.332. The normalized spacial score (nSPS) is 28.9. The fourth-order valence-corrected chi connectivity index (χ4v) is 6.11. The molecule has 0 aromatic rings. The largest absolute Gasteiger partial charge is 0.462 e. The fourth-order valence-electron chi connectivity index (χ4n) is 6.11. The van der Waals surface area contributed by atoms with Gasteiger partial charge < -0.3 is 64.2 Å². The van der Waals surface area contributed by atoms with Crippen LogP contribution < -0.4 is 0 Å². The van der Waals surface area contributed by atoms with E-state index >= 15 is 0 Å². The number of unbranched alkanes of at least 4 members (excludes halogenated alkanes) is 9. The van der Waals surface area contributed by atoms with Crippen molar-refractivity contribution >= 4 is 11.9 Å². The third kappa shape index (κ3) is 20.3. The second-order valence-electron chi connectivity index (χ2n) is 14.5. The number of esters is 2. The quantitative estimate of drug-likeness (QED) is 0.0249. The summed E-state index contributed by atoms with van der Waals surface area (Å²) in [6, 6.07) is 0. The molecule has 0 saturated carbocycles. The molecule has 0 amide bonds. The van der Waals surface area contributed by atoms with E-state index in [2.05, 4.69) is 26.0 Å². The molecule has 2 saturated heterocycles. The molecule has 2 rings (SSSR count). The lowest BCUT2D eigenvalue weighted by Gasteiger charge is -2.42. The van der Waals surface area contributed by atoms with Gasteiger partial charge in [-0.3, -0.25) is 9.59 Å². The van der Waals surface area contributed by atoms with Crippen LogP contribution in [-0.4, -0.2) is 142 Å². The average Bonchev–Trinajstić information content (AvgIpc) is 3.20. The van der Waals surface area contributed by atoms with E-state index in [1.165, 1.54) is 6.42 Å². The van der Waals surface area contributed by atoms with Crippen molar-refractivity contribution < 1.29 is 73.8 Å². The molecule has 0 aromatic heterocycles. The van der Waals surface area contributed by atoms with Crippen LogP contribution in [0.4, 0.5) is 0 Å². The summed E-state index contributed by atoms with van der Waals surface area (Å²) in [6.07, 6.45) is 12.0. The molecule has 57 heavy (non-hydrogen) atoms. The Hall–Kier alpha value is -2.54. The predicted molar refractivity (Wildman–Crippen MR) is 210 cm³/mol. The minimum absolute atomic E-state index is 0.125. The molecule has 0 aromatic carbocycles. The predicted octanol–water partition coefficient (Wildman–Crippen LogP) is 3.20. The van der Waals surface area contributed by atoms with Crippen molar-refractivity contribution in [2.45, 2.75) is 178 Å². The number of allylic oxidation sites excluding steroid dienone is 8. The number of aliphatic hydroxyl groups is 7. The van der Waals surface area contributed by atoms with E-state index < -0.39 is 99.3 Å². The molecule has 2 heterocycles. The highest BCUT2D eigenvalue weighted by Crippen LogP contribution is 2.26. The van der Waals surface area contributed by atoms with Crippen molar-refractivity contribution in [2.75, 3.05) is 26.4 Å². The molecule has 11 atom stereocenters. The number of hydrogen-bond donors (Lipinski definition) is 7. The number of rotatable bonds is 29. The maximum atomic E-state index is 12.9. The van der Waals surface area contributed by atoms with Crippen molar-refractivity contribution in [3.8, 4) is 0 Å². The first-order valence-electron chi connectivity index (χ1n) is 20.8. The van der Waals surface area contributed by atoms with Crippen LogP contribution in [-0.2, 0) is 38.0 Å². The molecule has 2 aliphatic rings. The Morgan fingerprint density at radius 1 is 0.579 bits per heavy atom. The van der Waals surface area contributed by atoms with Gasteiger partial charge in [0.25, 0.3) is 0 Å². The topological polar surface area (TPSA) is 231 Å². The van der Waals surface area contributed by atoms with Crippen LogP contribution in [0.1, 0.15) is 110 Å². The van der Waals surface area contributed by atoms with E-state index in [1.807, 2.05) is 36.5 Å². The molecule has 0 radical (unpaired) electrons. The van der Waals surface area contributed by atoms with Crippen LogP contribution >= 0.6 is 0 Å². The molecule has 15 nitrogen and oxygen atoms in total. The third-order valence-corrected chi connectivity index (χ3v) is 9.62. The van der Waals surface area contributed by atoms with Crippen LogP contribution in [0, 0.1) is 0 Å². The van der Waals surface area contributed by atoms with Gasteiger partial charge >= 0.3 is 11.9 Å². The summed E-state index contributed by atoms with van der Waals surface area (Å²) in [6.45, 7) is 2.29. The van der Waals surface area contributed by atoms with Crippen molar-refractivity contribution in [2.24, 2.45) is 0 Å². The van der Waals surface area contributed by atoms with Gasteiger partial charge in [0, 0.05) is 12.8 Å². The van der Waals surface area contributed by atoms with E-state index in [9.17, 15) is 45.3 Å². The highest BCUT2D eigenvalue weighted by atomic mass is 16.7. The molecule has 328 valence electrons. The maximum Gasteiger partial charge on any atom is 0.306 e. The average molecular weight is 815 g/mol. The van der Waals surface area contributed by atoms with Gasteiger partial charge in [-0.1, -0.05) is 101 Å². The SMILES string of the molecule is CC/C=C/C=C/C=C/CCCCCCCC(=O)OC(COC(=O)CC/C=C/CCCCCC)CO[C@@H]1O[C@H](CO[C@@H]2O[C@H](CO)[C@H](O)C(O)C2O)[C@H](O)C(O)C1O. The summed E-state index contributed by atoms with van der Waals surface area (Å²) in [5.41, 5.74) is 0. The van der Waals surface area contributed by atoms with Crippen molar-refractivity contribution in [3.05, 3.63) is 48.6 Å². The van der Waals surface area contributed by atoms with Crippen LogP contribution in [0.2, 0.25) is 0 Å². The molecular weight excluding hydrogens is 744 g/mol. The monoisotopic (exact) mass is 814 g/mol. The van der Waals surface area contributed by atoms with Crippen molar-refractivity contribution in [1.82, 2.24) is 0 Å². The molecule has 2 fully saturated rings. The first kappa shape index (κ1) is 50.6. The summed E-state index contributed by atoms with van der Waals surface area (Å²) >= 11 is 0. The van der Waals surface area contributed by atoms with Crippen LogP contribution in [0.25, 0.3) is 0 Å². The number of carbonyl (C=O) groups is 2. The highest BCUT2D eigenvalue weighted by Gasteiger charge is 2.47. The summed E-state index contributed by atoms with van der Waals surface area (Å²) in [7, 11) is 0. The van der Waals surface area contributed by atoms with E-state index in [1.54, 1.807) is 0 Å². The Bertz CT molecular complexity index is 1190. The summed E-state index contributed by atoms with van der Waals surface area (Å²) in [4.78, 5) is 25.4. The Balaban J connectivity index is 1.91. The Morgan fingerprint density at radius 3 is 1.84 bits per heavy atom. The van der Waals surface area contributed by atoms with Crippen LogP contribution in [0.3, 0.4) is 0 Å². The van der Waals surface area contributed by atoms with Gasteiger partial charge in [-0.05, 0) is 44.9 Å². The molecule has 0 spiro atoms. The second-order valence-corrected chi connectivity index (χ2v) is 14.5. The highest BCUT2D eigenvalue weighted by molar-refractivity contribution is 5.70. The van der Waals surface area contributed by atoms with Crippen LogP contribution in [0.15, 0.2) is 48.6 Å². The number of hydrogen-bond acceptors (Lipinski definition) is 15. The molecular formula is C42H70O15. The first-order valence-corrected chi connectivity index (χ1v) is 20.8. The van der Waals surface area contributed by atoms with E-state index in [0.717, 1.165) is 64.2 Å². The number of carbonyl (C=O) groups excluding carboxylic acids is 2. The first-order chi connectivity index (χ1) is 27.5. The maximum absolute atomic E-state index is 12.9. The second kappa shape index (κ2) is 30.5. The minimum Gasteiger partial charge on any atom is -0.462 e. The molecule has 2 aliphatic heterocycles. The molecule has 7 N–H and O–H groups in total. The number of ether oxygens (including phenoxy) is 6. The van der Waals surface area contributed by atoms with Crippen LogP contribution in [0.5, 0.6) is 0 Å². The zero-order valence-electron chi connectivity index (χ0n) is 33.8. The third-order valence-electron chi connectivity index (χ3n) is 9.62. The van der Waals surface area contributed by atoms with Gasteiger partial charge in [-0.25, -0.2) is 0 Å². The minimum atomic E-state index is -1.77. The van der Waals surface area contributed by atoms with E-state index in [0.29, 0.717) is 12.8 Å². The van der Waals surface area contributed by atoms with Crippen molar-refractivity contribution in [3.63, 3.8) is 0 Å². The van der Waals surface area contributed by atoms with E-state index in [4.69, 9.17) is 28.4 Å². The molecule has 0 bridgehead atoms. The zero-order chi connectivity index (χ0) is 41.8. The van der Waals surface area contributed by atoms with E-state index in [-0.39, 0.29) is 19.4 Å². The zero-order valence-corrected chi connectivity index (χ0v) is 33.8. The Morgan fingerprint density at radius 2 is 1.16 bits per heavy atom. The van der Waals surface area contributed by atoms with Gasteiger partial charge in [0.15, 0.2) is 18.7 Å². The summed E-state index contributed by atoms with van der Waals surface area (Å²) in [5, 5.41) is 71.6. The Kier molecular flexibility index (Phi) is 27.1. The molecule has 5 unspecified atom stereocenters. The van der Waals surface area contributed by atoms with Gasteiger partial charge in [0.1, 0.15) is 55.4 Å². The summed E-state index contributed by atoms with van der Waals surface area (Å²) < 4.78 is 33.2. The van der Waals surface area contributed by atoms with Crippen molar-refractivity contribution in [1.29, 1.82) is 0 Å². The Labute approximate surface area is 337 Å². The standard InChI is InChI=1S/C42H70O15/c1-3-5-7-9-11-13-14-15-16-17-19-21-23-25-34(45)55-30(27-52-33(44)24-22-20-18-12-10-8-6-4-2)28-53-41-40(51)38(49)36(47)32(57-41)29-54-42-39(50)37(48)35(46)31(26-43)56-42/h5,7,9,11,13-14,18,20,30-32,35-43,46-51H,3-4,6,8,10,12,15-17,19,21-29H2,1-2H3/b7-5+,11-9+,14-13+,20-18+/t30?,31-,32-,35+,36+,37?,38?,39?,40?,41-,42-/m1/s1. The smallest absolute Gasteiger partial charge is 0.306 e. The lowest BCUT2D eigenvalue weighted by atomic mass is 9.98. The van der Waals surface area contributed by atoms with Gasteiger partial charge in [0.05, 0.1) is 19.8 Å². The molecule has 15 heteroatoms. The number of aliphatic hydroxyl groups excluding tert-OH is 7. The molecule has 0 aliphatic carbocycles. The summed E-state index contributed by atoms with van der Waals surface area (Å²) in [5.74, 6) is -1.02. The lowest BCUT2D eigenvalue weighted by Crippen LogP contribution is -2.61. The van der Waals surface area contributed by atoms with Gasteiger partial charge in [0.2, 0.25) is 0 Å². The fraction of sp³-hybridized carbons (Fsp3) is 0.762.